The normalized spacial score (nSPS) is 43.7. The zero-order valence-corrected chi connectivity index (χ0v) is 15.4. The fourth-order valence-electron chi connectivity index (χ4n) is 5.30. The van der Waals surface area contributed by atoms with E-state index in [0.29, 0.717) is 32.1 Å². The molecule has 0 saturated heterocycles. The molecule has 3 aliphatic rings. The van der Waals surface area contributed by atoms with Crippen LogP contribution in [-0.4, -0.2) is 50.6 Å². The van der Waals surface area contributed by atoms with Gasteiger partial charge in [0.05, 0.1) is 12.2 Å². The van der Waals surface area contributed by atoms with Gasteiger partial charge < -0.3 is 20.4 Å². The van der Waals surface area contributed by atoms with Crippen molar-refractivity contribution in [2.45, 2.75) is 69.7 Å². The number of Topliss-reactive ketones (excluding diaryl/α,β-unsaturated/α-hetero) is 1. The Morgan fingerprint density at radius 1 is 1.23 bits per heavy atom. The van der Waals surface area contributed by atoms with Gasteiger partial charge in [-0.1, -0.05) is 36.8 Å². The standard InChI is InChI=1S/C21H30O5/c1-13-3-6-16(23)9-14(13)4-5-15-10-17(24)11-20(2)18(15)7-8-21(20,26)19(25)12-22/h4-5,16-18,22-24,26H,1,3,6-12H2,2H3/b14-4-,15-5+/t16-,17-,18+,20+,21+/m1/s1. The summed E-state index contributed by atoms with van der Waals surface area (Å²) in [6, 6.07) is 0. The Kier molecular flexibility index (Phi) is 5.28. The molecule has 0 heterocycles. The predicted molar refractivity (Wildman–Crippen MR) is 98.3 cm³/mol. The van der Waals surface area contributed by atoms with Gasteiger partial charge in [0.25, 0.3) is 0 Å². The van der Waals surface area contributed by atoms with Gasteiger partial charge in [0.1, 0.15) is 12.2 Å². The minimum Gasteiger partial charge on any atom is -0.393 e. The van der Waals surface area contributed by atoms with E-state index >= 15 is 0 Å². The first kappa shape index (κ1) is 19.5. The van der Waals surface area contributed by atoms with Crippen molar-refractivity contribution in [3.8, 4) is 0 Å². The molecule has 3 fully saturated rings. The summed E-state index contributed by atoms with van der Waals surface area (Å²) in [5.41, 5.74) is 0.707. The summed E-state index contributed by atoms with van der Waals surface area (Å²) in [5.74, 6) is -0.567. The highest BCUT2D eigenvalue weighted by Gasteiger charge is 2.62. The highest BCUT2D eigenvalue weighted by Crippen LogP contribution is 2.59. The van der Waals surface area contributed by atoms with Crippen molar-refractivity contribution in [2.75, 3.05) is 6.61 Å². The number of carbonyl (C=O) groups excluding carboxylic acids is 1. The molecule has 0 bridgehead atoms. The number of hydrogen-bond donors (Lipinski definition) is 4. The summed E-state index contributed by atoms with van der Waals surface area (Å²) in [6.07, 6.45) is 6.92. The maximum atomic E-state index is 12.2. The lowest BCUT2D eigenvalue weighted by molar-refractivity contribution is -0.158. The van der Waals surface area contributed by atoms with Crippen LogP contribution >= 0.6 is 0 Å². The van der Waals surface area contributed by atoms with Gasteiger partial charge in [-0.25, -0.2) is 0 Å². The second-order valence-electron chi connectivity index (χ2n) is 8.45. The molecule has 26 heavy (non-hydrogen) atoms. The topological polar surface area (TPSA) is 98.0 Å². The molecule has 5 heteroatoms. The third-order valence-corrected chi connectivity index (χ3v) is 6.88. The van der Waals surface area contributed by atoms with Crippen LogP contribution in [-0.2, 0) is 4.79 Å². The van der Waals surface area contributed by atoms with Gasteiger partial charge >= 0.3 is 0 Å². The number of aliphatic hydroxyl groups is 4. The molecule has 3 rings (SSSR count). The quantitative estimate of drug-likeness (QED) is 0.614. The molecule has 0 spiro atoms. The van der Waals surface area contributed by atoms with Gasteiger partial charge in [-0.2, -0.15) is 0 Å². The van der Waals surface area contributed by atoms with E-state index in [-0.39, 0.29) is 12.0 Å². The van der Waals surface area contributed by atoms with Crippen molar-refractivity contribution < 1.29 is 25.2 Å². The summed E-state index contributed by atoms with van der Waals surface area (Å²) in [6.45, 7) is 5.24. The zero-order chi connectivity index (χ0) is 19.1. The Balaban J connectivity index is 1.92. The molecule has 5 atom stereocenters. The molecule has 4 N–H and O–H groups in total. The van der Waals surface area contributed by atoms with Gasteiger partial charge in [-0.15, -0.1) is 0 Å². The molecule has 0 aromatic rings. The van der Waals surface area contributed by atoms with Crippen LogP contribution in [0.25, 0.3) is 0 Å². The summed E-state index contributed by atoms with van der Waals surface area (Å²) in [4.78, 5) is 12.2. The third kappa shape index (κ3) is 3.11. The molecule has 0 unspecified atom stereocenters. The fourth-order valence-corrected chi connectivity index (χ4v) is 5.30. The van der Waals surface area contributed by atoms with Gasteiger partial charge in [0, 0.05) is 5.41 Å². The molecule has 0 aromatic heterocycles. The Hall–Kier alpha value is -1.27. The Morgan fingerprint density at radius 3 is 2.65 bits per heavy atom. The SMILES string of the molecule is C=C1CC[C@@H](O)C/C1=C/C=C1\C[C@@H](O)C[C@@]2(C)[C@H]1CC[C@]2(O)C(=O)CO. The van der Waals surface area contributed by atoms with Crippen molar-refractivity contribution in [2.24, 2.45) is 11.3 Å². The predicted octanol–water partition coefficient (Wildman–Crippen LogP) is 1.80. The van der Waals surface area contributed by atoms with Gasteiger partial charge in [-0.3, -0.25) is 4.79 Å². The smallest absolute Gasteiger partial charge is 0.190 e. The maximum Gasteiger partial charge on any atom is 0.190 e. The number of rotatable bonds is 3. The molecule has 3 saturated carbocycles. The Morgan fingerprint density at radius 2 is 1.96 bits per heavy atom. The molecular formula is C21H30O5. The number of carbonyl (C=O) groups is 1. The second kappa shape index (κ2) is 7.04. The van der Waals surface area contributed by atoms with E-state index < -0.39 is 29.5 Å². The molecule has 0 aromatic carbocycles. The molecule has 5 nitrogen and oxygen atoms in total. The van der Waals surface area contributed by atoms with Crippen molar-refractivity contribution in [3.63, 3.8) is 0 Å². The molecular weight excluding hydrogens is 332 g/mol. The average Bonchev–Trinajstić information content (AvgIpc) is 2.86. The van der Waals surface area contributed by atoms with Crippen molar-refractivity contribution in [1.82, 2.24) is 0 Å². The largest absolute Gasteiger partial charge is 0.393 e. The van der Waals surface area contributed by atoms with Crippen LogP contribution < -0.4 is 0 Å². The van der Waals surface area contributed by atoms with E-state index in [1.807, 2.05) is 19.1 Å². The highest BCUT2D eigenvalue weighted by atomic mass is 16.3. The minimum absolute atomic E-state index is 0.00923. The summed E-state index contributed by atoms with van der Waals surface area (Å²) in [5, 5.41) is 40.6. The van der Waals surface area contributed by atoms with E-state index in [4.69, 9.17) is 0 Å². The first-order valence-electron chi connectivity index (χ1n) is 9.51. The van der Waals surface area contributed by atoms with Crippen LogP contribution in [0.15, 0.2) is 35.5 Å². The van der Waals surface area contributed by atoms with Gasteiger partial charge in [0.2, 0.25) is 0 Å². The van der Waals surface area contributed by atoms with E-state index in [1.165, 1.54) is 0 Å². The van der Waals surface area contributed by atoms with E-state index in [0.717, 1.165) is 29.6 Å². The van der Waals surface area contributed by atoms with Crippen LogP contribution in [0.5, 0.6) is 0 Å². The van der Waals surface area contributed by atoms with Gasteiger partial charge in [-0.05, 0) is 56.4 Å². The van der Waals surface area contributed by atoms with E-state index in [2.05, 4.69) is 6.58 Å². The Bertz CT molecular complexity index is 663. The maximum absolute atomic E-state index is 12.2. The number of aliphatic hydroxyl groups excluding tert-OH is 3. The number of ketones is 1. The van der Waals surface area contributed by atoms with Crippen molar-refractivity contribution in [1.29, 1.82) is 0 Å². The van der Waals surface area contributed by atoms with Crippen molar-refractivity contribution >= 4 is 5.78 Å². The average molecular weight is 362 g/mol. The van der Waals surface area contributed by atoms with Crippen LogP contribution in [0.3, 0.4) is 0 Å². The summed E-state index contributed by atoms with van der Waals surface area (Å²) in [7, 11) is 0. The molecule has 0 amide bonds. The second-order valence-corrected chi connectivity index (χ2v) is 8.45. The summed E-state index contributed by atoms with van der Waals surface area (Å²) >= 11 is 0. The molecule has 0 radical (unpaired) electrons. The van der Waals surface area contributed by atoms with Gasteiger partial charge in [0.15, 0.2) is 5.78 Å². The summed E-state index contributed by atoms with van der Waals surface area (Å²) < 4.78 is 0. The monoisotopic (exact) mass is 362 g/mol. The number of hydrogen-bond acceptors (Lipinski definition) is 5. The zero-order valence-electron chi connectivity index (χ0n) is 15.4. The molecule has 0 aliphatic heterocycles. The number of fused-ring (bicyclic) bond motifs is 1. The van der Waals surface area contributed by atoms with Crippen LogP contribution in [0.2, 0.25) is 0 Å². The highest BCUT2D eigenvalue weighted by molar-refractivity contribution is 5.89. The van der Waals surface area contributed by atoms with Crippen LogP contribution in [0.4, 0.5) is 0 Å². The Labute approximate surface area is 154 Å². The minimum atomic E-state index is -1.59. The van der Waals surface area contributed by atoms with Crippen LogP contribution in [0.1, 0.15) is 51.9 Å². The van der Waals surface area contributed by atoms with Crippen molar-refractivity contribution in [3.05, 3.63) is 35.5 Å². The first-order valence-corrected chi connectivity index (χ1v) is 9.51. The molecule has 3 aliphatic carbocycles. The lowest BCUT2D eigenvalue weighted by Crippen LogP contribution is -2.55. The number of allylic oxidation sites excluding steroid dienone is 3. The fraction of sp³-hybridized carbons (Fsp3) is 0.667. The third-order valence-electron chi connectivity index (χ3n) is 6.88. The van der Waals surface area contributed by atoms with E-state index in [9.17, 15) is 25.2 Å². The van der Waals surface area contributed by atoms with Crippen LogP contribution in [0, 0.1) is 11.3 Å². The lowest BCUT2D eigenvalue weighted by atomic mass is 9.60. The lowest BCUT2D eigenvalue weighted by Gasteiger charge is -2.47. The van der Waals surface area contributed by atoms with E-state index in [1.54, 1.807) is 0 Å². The molecule has 144 valence electrons. The first-order chi connectivity index (χ1) is 12.2.